The molecule has 3 aliphatic rings. The Kier molecular flexibility index (Phi) is 2.48. The van der Waals surface area contributed by atoms with Crippen molar-refractivity contribution in [3.63, 3.8) is 0 Å². The Morgan fingerprint density at radius 3 is 2.45 bits per heavy atom. The molecule has 5 nitrogen and oxygen atoms in total. The zero-order chi connectivity index (χ0) is 15.0. The number of fused-ring (bicyclic) bond motifs is 3. The monoisotopic (exact) mass is 280 g/mol. The summed E-state index contributed by atoms with van der Waals surface area (Å²) in [5.41, 5.74) is -1.05. The predicted molar refractivity (Wildman–Crippen MR) is 69.7 cm³/mol. The van der Waals surface area contributed by atoms with Gasteiger partial charge in [-0.05, 0) is 31.6 Å². The van der Waals surface area contributed by atoms with E-state index < -0.39 is 23.6 Å². The van der Waals surface area contributed by atoms with Gasteiger partial charge in [0.05, 0.1) is 11.7 Å². The summed E-state index contributed by atoms with van der Waals surface area (Å²) in [4.78, 5) is 23.3. The van der Waals surface area contributed by atoms with Crippen molar-refractivity contribution in [3.8, 4) is 0 Å². The lowest BCUT2D eigenvalue weighted by Gasteiger charge is -2.47. The number of aliphatic hydroxyl groups excluding tert-OH is 1. The first-order chi connectivity index (χ1) is 9.12. The van der Waals surface area contributed by atoms with Gasteiger partial charge in [0.15, 0.2) is 0 Å². The second kappa shape index (κ2) is 3.64. The largest absolute Gasteiger partial charge is 0.478 e. The van der Waals surface area contributed by atoms with Crippen LogP contribution in [0.15, 0.2) is 11.1 Å². The number of carbonyl (C=O) groups is 2. The molecule has 1 aliphatic heterocycles. The van der Waals surface area contributed by atoms with Gasteiger partial charge in [-0.15, -0.1) is 0 Å². The van der Waals surface area contributed by atoms with E-state index in [0.717, 1.165) is 6.42 Å². The molecule has 3 fully saturated rings. The first-order valence-electron chi connectivity index (χ1n) is 6.97. The van der Waals surface area contributed by atoms with Gasteiger partial charge in [0.1, 0.15) is 5.60 Å². The minimum Gasteiger partial charge on any atom is -0.478 e. The van der Waals surface area contributed by atoms with Gasteiger partial charge >= 0.3 is 11.9 Å². The van der Waals surface area contributed by atoms with Crippen LogP contribution in [0.5, 0.6) is 0 Å². The predicted octanol–water partition coefficient (Wildman–Crippen LogP) is 1.36. The zero-order valence-corrected chi connectivity index (χ0v) is 12.1. The lowest BCUT2D eigenvalue weighted by molar-refractivity contribution is -0.183. The third-order valence-corrected chi connectivity index (χ3v) is 5.77. The standard InChI is InChI=1S/C15H20O5/c1-6(12(17)18)9-10(16)11-14(2,3)7-5-8(7)15(11,4)20-13(9)19/h7-8,10-11,16H,5H2,1-4H3,(H,17,18)/b9-6-/t7-,8+,10-,11-,15+/m1/s1. The van der Waals surface area contributed by atoms with Crippen LogP contribution in [0, 0.1) is 23.2 Å². The van der Waals surface area contributed by atoms with Crippen LogP contribution in [0.1, 0.15) is 34.1 Å². The van der Waals surface area contributed by atoms with Crippen LogP contribution < -0.4 is 0 Å². The third kappa shape index (κ3) is 1.41. The summed E-state index contributed by atoms with van der Waals surface area (Å²) in [5, 5.41) is 19.7. The zero-order valence-electron chi connectivity index (χ0n) is 12.1. The average Bonchev–Trinajstić information content (AvgIpc) is 3.04. The van der Waals surface area contributed by atoms with Crippen molar-refractivity contribution in [1.29, 1.82) is 0 Å². The van der Waals surface area contributed by atoms with Crippen LogP contribution in [0.2, 0.25) is 0 Å². The molecule has 2 aliphatic carbocycles. The lowest BCUT2D eigenvalue weighted by atomic mass is 9.66. The molecule has 0 aromatic rings. The van der Waals surface area contributed by atoms with Crippen molar-refractivity contribution in [2.75, 3.05) is 0 Å². The molecule has 3 rings (SSSR count). The van der Waals surface area contributed by atoms with Crippen LogP contribution in [0.25, 0.3) is 0 Å². The van der Waals surface area contributed by atoms with Gasteiger partial charge in [-0.3, -0.25) is 0 Å². The Bertz CT molecular complexity index is 546. The second-order valence-electron chi connectivity index (χ2n) is 7.11. The van der Waals surface area contributed by atoms with Crippen LogP contribution in [0.3, 0.4) is 0 Å². The summed E-state index contributed by atoms with van der Waals surface area (Å²) < 4.78 is 5.62. The maximum absolute atomic E-state index is 12.2. The molecular weight excluding hydrogens is 260 g/mol. The Morgan fingerprint density at radius 2 is 1.90 bits per heavy atom. The van der Waals surface area contributed by atoms with Gasteiger partial charge in [0.25, 0.3) is 0 Å². The summed E-state index contributed by atoms with van der Waals surface area (Å²) in [5.74, 6) is -1.40. The minimum absolute atomic E-state index is 0.0886. The van der Waals surface area contributed by atoms with E-state index >= 15 is 0 Å². The van der Waals surface area contributed by atoms with E-state index in [0.29, 0.717) is 5.92 Å². The number of aliphatic carboxylic acids is 1. The highest BCUT2D eigenvalue weighted by Gasteiger charge is 2.75. The molecule has 0 bridgehead atoms. The highest BCUT2D eigenvalue weighted by Crippen LogP contribution is 2.72. The number of hydrogen-bond donors (Lipinski definition) is 2. The first kappa shape index (κ1) is 13.6. The highest BCUT2D eigenvalue weighted by molar-refractivity contribution is 6.00. The van der Waals surface area contributed by atoms with E-state index in [4.69, 9.17) is 9.84 Å². The maximum atomic E-state index is 12.2. The SMILES string of the molecule is C/C(C(=O)O)=C1/C(=O)O[C@]2(C)[C@H]([C@@H]1O)C(C)(C)[C@@H]1C[C@@H]12. The summed E-state index contributed by atoms with van der Waals surface area (Å²) in [7, 11) is 0. The number of aliphatic hydroxyl groups is 1. The number of carbonyl (C=O) groups excluding carboxylic acids is 1. The normalized spacial score (nSPS) is 47.1. The van der Waals surface area contributed by atoms with E-state index in [9.17, 15) is 14.7 Å². The summed E-state index contributed by atoms with van der Waals surface area (Å²) in [6.45, 7) is 7.37. The number of esters is 1. The molecule has 0 amide bonds. The number of ether oxygens (including phenoxy) is 1. The molecule has 0 aromatic heterocycles. The Morgan fingerprint density at radius 1 is 1.30 bits per heavy atom. The summed E-state index contributed by atoms with van der Waals surface area (Å²) in [6.07, 6.45) is -0.0584. The quantitative estimate of drug-likeness (QED) is 0.559. The molecule has 0 unspecified atom stereocenters. The number of carboxylic acids is 1. The second-order valence-corrected chi connectivity index (χ2v) is 7.11. The molecule has 20 heavy (non-hydrogen) atoms. The average molecular weight is 280 g/mol. The Balaban J connectivity index is 2.10. The van der Waals surface area contributed by atoms with Crippen LogP contribution in [-0.4, -0.2) is 33.9 Å². The van der Waals surface area contributed by atoms with Crippen molar-refractivity contribution in [1.82, 2.24) is 0 Å². The van der Waals surface area contributed by atoms with Crippen LogP contribution in [0.4, 0.5) is 0 Å². The van der Waals surface area contributed by atoms with Gasteiger partial charge in [0.2, 0.25) is 0 Å². The van der Waals surface area contributed by atoms with E-state index in [1.54, 1.807) is 0 Å². The summed E-state index contributed by atoms with van der Waals surface area (Å²) in [6, 6.07) is 0. The molecule has 5 atom stereocenters. The lowest BCUT2D eigenvalue weighted by Crippen LogP contribution is -2.55. The highest BCUT2D eigenvalue weighted by atomic mass is 16.6. The number of rotatable bonds is 1. The fraction of sp³-hybridized carbons (Fsp3) is 0.733. The smallest absolute Gasteiger partial charge is 0.337 e. The van der Waals surface area contributed by atoms with Crippen molar-refractivity contribution in [3.05, 3.63) is 11.1 Å². The van der Waals surface area contributed by atoms with E-state index in [2.05, 4.69) is 13.8 Å². The van der Waals surface area contributed by atoms with E-state index in [1.165, 1.54) is 6.92 Å². The van der Waals surface area contributed by atoms with Crippen molar-refractivity contribution in [2.45, 2.75) is 45.8 Å². The molecule has 1 heterocycles. The molecule has 1 saturated heterocycles. The van der Waals surface area contributed by atoms with Crippen molar-refractivity contribution >= 4 is 11.9 Å². The van der Waals surface area contributed by atoms with Crippen molar-refractivity contribution < 1.29 is 24.5 Å². The van der Waals surface area contributed by atoms with E-state index in [1.807, 2.05) is 6.92 Å². The van der Waals surface area contributed by atoms with Gasteiger partial charge in [-0.25, -0.2) is 9.59 Å². The molecule has 0 radical (unpaired) electrons. The number of hydrogen-bond acceptors (Lipinski definition) is 4. The Labute approximate surface area is 117 Å². The molecule has 2 saturated carbocycles. The molecule has 5 heteroatoms. The minimum atomic E-state index is -1.19. The van der Waals surface area contributed by atoms with E-state index in [-0.39, 0.29) is 28.4 Å². The van der Waals surface area contributed by atoms with Gasteiger partial charge in [-0.1, -0.05) is 13.8 Å². The topological polar surface area (TPSA) is 83.8 Å². The van der Waals surface area contributed by atoms with Gasteiger partial charge < -0.3 is 14.9 Å². The number of carboxylic acid groups (broad SMARTS) is 1. The maximum Gasteiger partial charge on any atom is 0.337 e. The first-order valence-corrected chi connectivity index (χ1v) is 6.97. The van der Waals surface area contributed by atoms with Gasteiger partial charge in [-0.2, -0.15) is 0 Å². The third-order valence-electron chi connectivity index (χ3n) is 5.77. The van der Waals surface area contributed by atoms with Crippen LogP contribution in [-0.2, 0) is 14.3 Å². The van der Waals surface area contributed by atoms with Gasteiger partial charge in [0, 0.05) is 17.4 Å². The van der Waals surface area contributed by atoms with Crippen LogP contribution >= 0.6 is 0 Å². The fourth-order valence-electron chi connectivity index (χ4n) is 4.74. The Hall–Kier alpha value is -1.36. The van der Waals surface area contributed by atoms with Crippen molar-refractivity contribution in [2.24, 2.45) is 23.2 Å². The molecule has 0 spiro atoms. The molecular formula is C15H20O5. The fourth-order valence-corrected chi connectivity index (χ4v) is 4.74. The summed E-state index contributed by atoms with van der Waals surface area (Å²) >= 11 is 0. The molecule has 0 aromatic carbocycles. The molecule has 110 valence electrons. The molecule has 2 N–H and O–H groups in total.